The molecule has 15 heavy (non-hydrogen) atoms. The summed E-state index contributed by atoms with van der Waals surface area (Å²) in [4.78, 5) is 10.5. The molecular formula is C14H16O. The average Bonchev–Trinajstić information content (AvgIpc) is 2.82. The van der Waals surface area contributed by atoms with E-state index < -0.39 is 0 Å². The molecule has 2 rings (SSSR count). The fourth-order valence-corrected chi connectivity index (χ4v) is 2.29. The summed E-state index contributed by atoms with van der Waals surface area (Å²) in [5.74, 6) is 0.659. The second kappa shape index (κ2) is 4.43. The van der Waals surface area contributed by atoms with Crippen LogP contribution in [0.15, 0.2) is 30.8 Å². The first-order valence-electron chi connectivity index (χ1n) is 5.55. The zero-order valence-electron chi connectivity index (χ0n) is 8.91. The topological polar surface area (TPSA) is 17.1 Å². The largest absolute Gasteiger partial charge is 0.298 e. The van der Waals surface area contributed by atoms with Crippen molar-refractivity contribution in [1.29, 1.82) is 0 Å². The number of carbonyl (C=O) groups excluding carboxylic acids is 1. The Balaban J connectivity index is 2.14. The lowest BCUT2D eigenvalue weighted by Gasteiger charge is -2.13. The van der Waals surface area contributed by atoms with Crippen molar-refractivity contribution in [3.05, 3.63) is 42.0 Å². The van der Waals surface area contributed by atoms with Gasteiger partial charge in [0.1, 0.15) is 6.29 Å². The Morgan fingerprint density at radius 2 is 1.80 bits per heavy atom. The van der Waals surface area contributed by atoms with Gasteiger partial charge in [0.05, 0.1) is 0 Å². The number of hydrogen-bond donors (Lipinski definition) is 0. The van der Waals surface area contributed by atoms with Gasteiger partial charge in [-0.3, -0.25) is 4.79 Å². The molecule has 0 atom stereocenters. The molecule has 0 aliphatic heterocycles. The van der Waals surface area contributed by atoms with Crippen molar-refractivity contribution in [3.8, 4) is 0 Å². The number of hydrogen-bond acceptors (Lipinski definition) is 1. The van der Waals surface area contributed by atoms with Crippen LogP contribution in [0, 0.1) is 5.92 Å². The maximum Gasteiger partial charge on any atom is 0.150 e. The Bertz CT molecular complexity index is 355. The third kappa shape index (κ3) is 2.17. The SMILES string of the molecule is C=C(c1ccc(C=O)cc1)C1CCCC1. The van der Waals surface area contributed by atoms with Crippen molar-refractivity contribution in [2.24, 2.45) is 5.92 Å². The minimum absolute atomic E-state index is 0.659. The van der Waals surface area contributed by atoms with E-state index in [4.69, 9.17) is 0 Å². The van der Waals surface area contributed by atoms with Gasteiger partial charge >= 0.3 is 0 Å². The third-order valence-electron chi connectivity index (χ3n) is 3.27. The second-order valence-corrected chi connectivity index (χ2v) is 4.25. The fourth-order valence-electron chi connectivity index (χ4n) is 2.29. The Kier molecular flexibility index (Phi) is 3.00. The van der Waals surface area contributed by atoms with Crippen LogP contribution in [0.5, 0.6) is 0 Å². The molecule has 0 amide bonds. The fraction of sp³-hybridized carbons (Fsp3) is 0.357. The first kappa shape index (κ1) is 10.2. The molecule has 1 fully saturated rings. The minimum Gasteiger partial charge on any atom is -0.298 e. The van der Waals surface area contributed by atoms with Crippen molar-refractivity contribution >= 4 is 11.9 Å². The predicted octanol–water partition coefficient (Wildman–Crippen LogP) is 3.70. The van der Waals surface area contributed by atoms with Gasteiger partial charge in [-0.2, -0.15) is 0 Å². The van der Waals surface area contributed by atoms with Gasteiger partial charge in [-0.1, -0.05) is 43.7 Å². The van der Waals surface area contributed by atoms with Gasteiger partial charge in [0.15, 0.2) is 0 Å². The lowest BCUT2D eigenvalue weighted by atomic mass is 9.92. The summed E-state index contributed by atoms with van der Waals surface area (Å²) in [7, 11) is 0. The van der Waals surface area contributed by atoms with E-state index in [1.54, 1.807) is 0 Å². The summed E-state index contributed by atoms with van der Waals surface area (Å²) < 4.78 is 0. The third-order valence-corrected chi connectivity index (χ3v) is 3.27. The molecule has 1 aliphatic rings. The molecule has 1 aliphatic carbocycles. The van der Waals surface area contributed by atoms with Crippen molar-refractivity contribution in [3.63, 3.8) is 0 Å². The van der Waals surface area contributed by atoms with Crippen molar-refractivity contribution < 1.29 is 4.79 Å². The molecule has 0 bridgehead atoms. The van der Waals surface area contributed by atoms with Gasteiger partial charge in [0, 0.05) is 5.56 Å². The normalized spacial score (nSPS) is 16.5. The standard InChI is InChI=1S/C14H16O/c1-11(13-4-2-3-5-13)14-8-6-12(10-15)7-9-14/h6-10,13H,1-5H2. The van der Waals surface area contributed by atoms with Crippen LogP contribution in [0.2, 0.25) is 0 Å². The molecule has 1 aromatic carbocycles. The molecule has 0 spiro atoms. The second-order valence-electron chi connectivity index (χ2n) is 4.25. The maximum atomic E-state index is 10.5. The summed E-state index contributed by atoms with van der Waals surface area (Å²) >= 11 is 0. The molecule has 78 valence electrons. The van der Waals surface area contributed by atoms with Crippen LogP contribution in [-0.4, -0.2) is 6.29 Å². The van der Waals surface area contributed by atoms with Crippen LogP contribution in [0.3, 0.4) is 0 Å². The van der Waals surface area contributed by atoms with Crippen LogP contribution in [0.4, 0.5) is 0 Å². The molecule has 0 heterocycles. The van der Waals surface area contributed by atoms with E-state index in [9.17, 15) is 4.79 Å². The first-order chi connectivity index (χ1) is 7.31. The van der Waals surface area contributed by atoms with Crippen LogP contribution >= 0.6 is 0 Å². The Morgan fingerprint density at radius 3 is 2.33 bits per heavy atom. The molecule has 0 unspecified atom stereocenters. The zero-order valence-corrected chi connectivity index (χ0v) is 8.91. The van der Waals surface area contributed by atoms with E-state index >= 15 is 0 Å². The summed E-state index contributed by atoms with van der Waals surface area (Å²) in [6, 6.07) is 7.74. The Morgan fingerprint density at radius 1 is 1.20 bits per heavy atom. The maximum absolute atomic E-state index is 10.5. The highest BCUT2D eigenvalue weighted by Gasteiger charge is 2.18. The van der Waals surface area contributed by atoms with Crippen LogP contribution < -0.4 is 0 Å². The average molecular weight is 200 g/mol. The van der Waals surface area contributed by atoms with Gasteiger partial charge in [-0.15, -0.1) is 0 Å². The Hall–Kier alpha value is -1.37. The number of aldehydes is 1. The van der Waals surface area contributed by atoms with Gasteiger partial charge in [-0.05, 0) is 29.9 Å². The highest BCUT2D eigenvalue weighted by molar-refractivity contribution is 5.76. The number of carbonyl (C=O) groups is 1. The quantitative estimate of drug-likeness (QED) is 0.680. The predicted molar refractivity (Wildman–Crippen MR) is 62.8 cm³/mol. The molecule has 0 saturated heterocycles. The van der Waals surface area contributed by atoms with Crippen LogP contribution in [0.25, 0.3) is 5.57 Å². The lowest BCUT2D eigenvalue weighted by molar-refractivity contribution is 0.112. The van der Waals surface area contributed by atoms with Gasteiger partial charge < -0.3 is 0 Å². The van der Waals surface area contributed by atoms with Crippen molar-refractivity contribution in [1.82, 2.24) is 0 Å². The van der Waals surface area contributed by atoms with Crippen molar-refractivity contribution in [2.75, 3.05) is 0 Å². The van der Waals surface area contributed by atoms with E-state index in [1.807, 2.05) is 24.3 Å². The summed E-state index contributed by atoms with van der Waals surface area (Å²) in [6.07, 6.45) is 6.08. The van der Waals surface area contributed by atoms with Crippen LogP contribution in [-0.2, 0) is 0 Å². The molecule has 1 saturated carbocycles. The molecule has 0 aromatic heterocycles. The van der Waals surface area contributed by atoms with E-state index in [0.29, 0.717) is 5.92 Å². The van der Waals surface area contributed by atoms with E-state index in [0.717, 1.165) is 11.8 Å². The highest BCUT2D eigenvalue weighted by Crippen LogP contribution is 2.35. The van der Waals surface area contributed by atoms with E-state index in [2.05, 4.69) is 6.58 Å². The van der Waals surface area contributed by atoms with E-state index in [1.165, 1.54) is 36.8 Å². The molecule has 0 N–H and O–H groups in total. The monoisotopic (exact) mass is 200 g/mol. The van der Waals surface area contributed by atoms with Crippen molar-refractivity contribution in [2.45, 2.75) is 25.7 Å². The minimum atomic E-state index is 0.659. The summed E-state index contributed by atoms with van der Waals surface area (Å²) in [5, 5.41) is 0. The Labute approximate surface area is 90.8 Å². The molecular weight excluding hydrogens is 184 g/mol. The molecule has 1 heteroatoms. The van der Waals surface area contributed by atoms with Gasteiger partial charge in [0.2, 0.25) is 0 Å². The highest BCUT2D eigenvalue weighted by atomic mass is 16.1. The van der Waals surface area contributed by atoms with Gasteiger partial charge in [-0.25, -0.2) is 0 Å². The molecule has 0 radical (unpaired) electrons. The first-order valence-corrected chi connectivity index (χ1v) is 5.55. The zero-order chi connectivity index (χ0) is 10.7. The van der Waals surface area contributed by atoms with Gasteiger partial charge in [0.25, 0.3) is 0 Å². The number of rotatable bonds is 3. The molecule has 1 aromatic rings. The smallest absolute Gasteiger partial charge is 0.150 e. The summed E-state index contributed by atoms with van der Waals surface area (Å²) in [6.45, 7) is 4.17. The molecule has 1 nitrogen and oxygen atoms in total. The van der Waals surface area contributed by atoms with Crippen LogP contribution in [0.1, 0.15) is 41.6 Å². The van der Waals surface area contributed by atoms with E-state index in [-0.39, 0.29) is 0 Å². The number of benzene rings is 1. The lowest BCUT2D eigenvalue weighted by Crippen LogP contribution is -1.96. The summed E-state index contributed by atoms with van der Waals surface area (Å²) in [5.41, 5.74) is 3.16. The number of allylic oxidation sites excluding steroid dienone is 1.